The van der Waals surface area contributed by atoms with Crippen LogP contribution in [0.4, 0.5) is 0 Å². The fourth-order valence-electron chi connectivity index (χ4n) is 13.8. The molecule has 5 aliphatic carbocycles. The van der Waals surface area contributed by atoms with E-state index in [0.717, 1.165) is 107 Å². The number of esters is 2. The molecule has 7 atom stereocenters. The Balaban J connectivity index is 0.683. The Hall–Kier alpha value is -3.57. The van der Waals surface area contributed by atoms with Crippen molar-refractivity contribution in [2.24, 2.45) is 5.92 Å². The van der Waals surface area contributed by atoms with Crippen LogP contribution in [0.15, 0.2) is 43.0 Å². The van der Waals surface area contributed by atoms with E-state index in [-0.39, 0.29) is 48.1 Å². The van der Waals surface area contributed by atoms with Crippen LogP contribution in [0.3, 0.4) is 0 Å². The van der Waals surface area contributed by atoms with Crippen molar-refractivity contribution in [3.8, 4) is 17.2 Å². The highest BCUT2D eigenvalue weighted by Crippen LogP contribution is 2.65. The number of aliphatic hydroxyl groups is 2. The smallest absolute Gasteiger partial charge is 0.311 e. The molecule has 3 aliphatic heterocycles. The summed E-state index contributed by atoms with van der Waals surface area (Å²) in [5, 5.41) is 24.9. The lowest BCUT2D eigenvalue weighted by molar-refractivity contribution is -0.187. The van der Waals surface area contributed by atoms with E-state index < -0.39 is 22.7 Å². The predicted molar refractivity (Wildman–Crippen MR) is 226 cm³/mol. The standard InChI is InChI=1S/C50H64N2O8/c1-2-26-51-28-25-48-44-35-17-19-39(45(44)60-46(48)38(53)20-23-50(48,57)41(51)30-35)59-43(55)15-8-6-4-3-5-7-14-42(54)58-36-18-16-34-29-40-49(56)22-10-9-21-47(49,37(34)31-36)24-27-52(40)32-33-12-11-13-33/h2,16-19,31,33,40-41,46,56-57H,1,3-15,20-30,32H2/t40-,41-,46+,47+,48+,49-,50-/m1/s1. The Bertz CT molecular complexity index is 2050. The number of hydrogen-bond acceptors (Lipinski definition) is 10. The minimum absolute atomic E-state index is 0.00822. The number of unbranched alkanes of at least 4 members (excludes halogenated alkanes) is 5. The Morgan fingerprint density at radius 2 is 1.50 bits per heavy atom. The normalized spacial score (nSPS) is 33.8. The number of hydrogen-bond donors (Lipinski definition) is 2. The average Bonchev–Trinajstić information content (AvgIpc) is 3.58. The molecule has 2 saturated heterocycles. The molecule has 0 radical (unpaired) electrons. The van der Waals surface area contributed by atoms with Crippen LogP contribution in [0.1, 0.15) is 144 Å². The third-order valence-corrected chi connectivity index (χ3v) is 17.0. The number of fused-ring (bicyclic) bond motifs is 1. The van der Waals surface area contributed by atoms with Crippen LogP contribution in [0, 0.1) is 5.92 Å². The summed E-state index contributed by atoms with van der Waals surface area (Å²) in [6.07, 6.45) is 18.7. The van der Waals surface area contributed by atoms with Crippen molar-refractivity contribution in [1.82, 2.24) is 9.80 Å². The van der Waals surface area contributed by atoms with E-state index in [9.17, 15) is 24.6 Å². The Labute approximate surface area is 355 Å². The number of ketones is 1. The van der Waals surface area contributed by atoms with Crippen LogP contribution >= 0.6 is 0 Å². The third-order valence-electron chi connectivity index (χ3n) is 17.0. The summed E-state index contributed by atoms with van der Waals surface area (Å²) in [5.74, 6) is 1.66. The molecule has 60 heavy (non-hydrogen) atoms. The highest BCUT2D eigenvalue weighted by atomic mass is 16.6. The van der Waals surface area contributed by atoms with E-state index in [4.69, 9.17) is 14.2 Å². The van der Waals surface area contributed by atoms with Crippen molar-refractivity contribution in [1.29, 1.82) is 0 Å². The molecule has 0 aromatic heterocycles. The molecule has 10 heteroatoms. The second-order valence-electron chi connectivity index (χ2n) is 19.9. The molecule has 2 aromatic carbocycles. The number of piperidine rings is 2. The zero-order valence-corrected chi connectivity index (χ0v) is 35.4. The molecule has 5 fully saturated rings. The van der Waals surface area contributed by atoms with E-state index >= 15 is 0 Å². The van der Waals surface area contributed by atoms with Gasteiger partial charge in [0.05, 0.1) is 16.6 Å². The van der Waals surface area contributed by atoms with Crippen LogP contribution in [0.25, 0.3) is 0 Å². The quantitative estimate of drug-likeness (QED) is 0.0825. The molecule has 0 unspecified atom stereocenters. The van der Waals surface area contributed by atoms with Crippen molar-refractivity contribution in [2.75, 3.05) is 26.2 Å². The highest BCUT2D eigenvalue weighted by molar-refractivity contribution is 5.90. The maximum Gasteiger partial charge on any atom is 0.311 e. The zero-order valence-electron chi connectivity index (χ0n) is 35.4. The summed E-state index contributed by atoms with van der Waals surface area (Å²) in [6.45, 7) is 7.50. The van der Waals surface area contributed by atoms with Gasteiger partial charge >= 0.3 is 11.9 Å². The first-order valence-electron chi connectivity index (χ1n) is 23.5. The molecule has 2 aromatic rings. The van der Waals surface area contributed by atoms with Crippen molar-refractivity contribution < 1.29 is 38.8 Å². The zero-order chi connectivity index (χ0) is 41.3. The second kappa shape index (κ2) is 15.7. The van der Waals surface area contributed by atoms with Gasteiger partial charge in [-0.1, -0.05) is 63.2 Å². The van der Waals surface area contributed by atoms with Gasteiger partial charge in [0, 0.05) is 62.0 Å². The van der Waals surface area contributed by atoms with Crippen molar-refractivity contribution in [2.45, 2.75) is 175 Å². The average molecular weight is 821 g/mol. The Kier molecular flexibility index (Phi) is 10.6. The minimum Gasteiger partial charge on any atom is -0.477 e. The Morgan fingerprint density at radius 1 is 0.800 bits per heavy atom. The van der Waals surface area contributed by atoms with Crippen LogP contribution < -0.4 is 14.2 Å². The van der Waals surface area contributed by atoms with Gasteiger partial charge in [-0.2, -0.15) is 0 Å². The van der Waals surface area contributed by atoms with Gasteiger partial charge in [-0.3, -0.25) is 24.2 Å². The lowest BCUT2D eigenvalue weighted by atomic mass is 9.49. The van der Waals surface area contributed by atoms with Gasteiger partial charge in [-0.15, -0.1) is 6.58 Å². The molecular weight excluding hydrogens is 757 g/mol. The van der Waals surface area contributed by atoms with E-state index in [0.29, 0.717) is 55.9 Å². The molecule has 10 rings (SSSR count). The molecular formula is C50H64N2O8. The Morgan fingerprint density at radius 3 is 2.27 bits per heavy atom. The van der Waals surface area contributed by atoms with Gasteiger partial charge in [0.25, 0.3) is 0 Å². The number of rotatable bonds is 15. The number of likely N-dealkylation sites (tertiary alicyclic amines) is 2. The molecule has 10 nitrogen and oxygen atoms in total. The lowest BCUT2D eigenvalue weighted by Gasteiger charge is -2.64. The SMILES string of the molecule is C=CCN1CC[C@]23c4c5ccc(OC(=O)CCCCCCCCC(=O)Oc6ccc7c(c6)[C@@]68CCCC[C@@]6(O)[C@@H](C7)N(CC6CCC6)CC8)c4O[C@H]2C(=O)CC[C@@]3(O)[C@H]1C5. The molecule has 322 valence electrons. The molecule has 3 heterocycles. The van der Waals surface area contributed by atoms with Gasteiger partial charge in [0.15, 0.2) is 23.4 Å². The summed E-state index contributed by atoms with van der Waals surface area (Å²) in [5.41, 5.74) is 1.56. The summed E-state index contributed by atoms with van der Waals surface area (Å²) in [4.78, 5) is 44.4. The van der Waals surface area contributed by atoms with E-state index in [1.165, 1.54) is 30.4 Å². The topological polar surface area (TPSA) is 126 Å². The first kappa shape index (κ1) is 40.5. The predicted octanol–water partition coefficient (Wildman–Crippen LogP) is 7.20. The van der Waals surface area contributed by atoms with Crippen molar-refractivity contribution >= 4 is 17.7 Å². The fraction of sp³-hybridized carbons (Fsp3) is 0.660. The van der Waals surface area contributed by atoms with Crippen molar-refractivity contribution in [3.05, 3.63) is 65.2 Å². The number of carbonyl (C=O) groups is 3. The monoisotopic (exact) mass is 820 g/mol. The molecule has 1 spiro atoms. The van der Waals surface area contributed by atoms with Gasteiger partial charge in [0.1, 0.15) is 5.75 Å². The van der Waals surface area contributed by atoms with E-state index in [1.54, 1.807) is 6.07 Å². The first-order chi connectivity index (χ1) is 29.1. The number of Topliss-reactive ketones (excluding diaryl/α,β-unsaturated/α-hetero) is 1. The van der Waals surface area contributed by atoms with Crippen molar-refractivity contribution in [3.63, 3.8) is 0 Å². The second-order valence-corrected chi connectivity index (χ2v) is 19.9. The minimum atomic E-state index is -1.10. The summed E-state index contributed by atoms with van der Waals surface area (Å²) >= 11 is 0. The molecule has 0 amide bonds. The fourth-order valence-corrected chi connectivity index (χ4v) is 13.8. The number of carbonyl (C=O) groups excluding carboxylic acids is 3. The van der Waals surface area contributed by atoms with Crippen LogP contribution in [0.2, 0.25) is 0 Å². The van der Waals surface area contributed by atoms with Gasteiger partial charge in [-0.05, 0) is 118 Å². The summed E-state index contributed by atoms with van der Waals surface area (Å²) in [6, 6.07) is 10.0. The van der Waals surface area contributed by atoms with Crippen LogP contribution in [0.5, 0.6) is 17.2 Å². The molecule has 8 aliphatic rings. The van der Waals surface area contributed by atoms with Crippen LogP contribution in [-0.4, -0.2) is 93.3 Å². The largest absolute Gasteiger partial charge is 0.477 e. The third kappa shape index (κ3) is 6.27. The highest BCUT2D eigenvalue weighted by Gasteiger charge is 2.73. The summed E-state index contributed by atoms with van der Waals surface area (Å²) < 4.78 is 18.3. The van der Waals surface area contributed by atoms with E-state index in [1.807, 2.05) is 18.2 Å². The molecule has 3 saturated carbocycles. The number of benzene rings is 2. The van der Waals surface area contributed by atoms with Gasteiger partial charge in [-0.25, -0.2) is 0 Å². The first-order valence-corrected chi connectivity index (χ1v) is 23.5. The molecule has 4 bridgehead atoms. The van der Waals surface area contributed by atoms with Gasteiger partial charge < -0.3 is 24.4 Å². The summed E-state index contributed by atoms with van der Waals surface area (Å²) in [7, 11) is 0. The maximum absolute atomic E-state index is 13.3. The van der Waals surface area contributed by atoms with E-state index in [2.05, 4.69) is 28.5 Å². The number of nitrogens with zero attached hydrogens (tertiary/aromatic N) is 2. The van der Waals surface area contributed by atoms with Gasteiger partial charge in [0.2, 0.25) is 0 Å². The lowest BCUT2D eigenvalue weighted by Crippen LogP contribution is -2.76. The maximum atomic E-state index is 13.3. The number of ether oxygens (including phenoxy) is 3. The molecule has 2 N–H and O–H groups in total. The van der Waals surface area contributed by atoms with Crippen LogP contribution in [-0.2, 0) is 38.1 Å².